The van der Waals surface area contributed by atoms with Gasteiger partial charge in [0.05, 0.1) is 24.2 Å². The molecule has 0 amide bonds. The molecule has 4 rings (SSSR count). The number of rotatable bonds is 6. The standard InChI is InChI=1S/C18H16FN3O4S3/c1-22(29(25,26)14-6-3-7-27-14)12-5-2-4-11-15(19)17(21-16(11)12)18-20-9-10(28-18)8-13(23)24/h2-7,10,21H,8-9H2,1H3,(H,23,24). The lowest BCUT2D eigenvalue weighted by Crippen LogP contribution is -2.26. The van der Waals surface area contributed by atoms with Gasteiger partial charge in [0.2, 0.25) is 0 Å². The van der Waals surface area contributed by atoms with Crippen LogP contribution in [0.4, 0.5) is 10.1 Å². The van der Waals surface area contributed by atoms with E-state index >= 15 is 4.39 Å². The zero-order chi connectivity index (χ0) is 20.8. The number of carboxylic acids is 1. The minimum atomic E-state index is -3.78. The van der Waals surface area contributed by atoms with Crippen LogP contribution in [0, 0.1) is 5.82 Å². The molecular weight excluding hydrogens is 437 g/mol. The maximum atomic E-state index is 15.1. The number of sulfonamides is 1. The van der Waals surface area contributed by atoms with Gasteiger partial charge in [-0.15, -0.1) is 11.3 Å². The predicted octanol–water partition coefficient (Wildman–Crippen LogP) is 3.53. The average Bonchev–Trinajstić information content (AvgIpc) is 3.41. The van der Waals surface area contributed by atoms with E-state index in [2.05, 4.69) is 9.98 Å². The van der Waals surface area contributed by atoms with Crippen LogP contribution in [0.1, 0.15) is 12.1 Å². The zero-order valence-corrected chi connectivity index (χ0v) is 17.6. The fraction of sp³-hybridized carbons (Fsp3) is 0.222. The Morgan fingerprint density at radius 1 is 1.38 bits per heavy atom. The Labute approximate surface area is 174 Å². The molecule has 2 aromatic heterocycles. The first-order chi connectivity index (χ1) is 13.8. The number of benzene rings is 1. The number of thiophene rings is 1. The van der Waals surface area contributed by atoms with Crippen LogP contribution in [0.5, 0.6) is 0 Å². The number of aliphatic carboxylic acids is 1. The summed E-state index contributed by atoms with van der Waals surface area (Å²) in [6.07, 6.45) is -0.0629. The van der Waals surface area contributed by atoms with Gasteiger partial charge in [0.25, 0.3) is 10.0 Å². The summed E-state index contributed by atoms with van der Waals surface area (Å²) in [6.45, 7) is 0.292. The molecule has 1 atom stereocenters. The summed E-state index contributed by atoms with van der Waals surface area (Å²) >= 11 is 2.31. The molecule has 0 saturated heterocycles. The Balaban J connectivity index is 1.74. The number of halogens is 1. The van der Waals surface area contributed by atoms with Gasteiger partial charge >= 0.3 is 5.97 Å². The number of carboxylic acid groups (broad SMARTS) is 1. The van der Waals surface area contributed by atoms with Crippen LogP contribution in [0.2, 0.25) is 0 Å². The van der Waals surface area contributed by atoms with Crippen molar-refractivity contribution < 1.29 is 22.7 Å². The number of nitrogens with zero attached hydrogens (tertiary/aromatic N) is 2. The molecule has 3 aromatic rings. The monoisotopic (exact) mass is 453 g/mol. The van der Waals surface area contributed by atoms with Crippen LogP contribution in [0.3, 0.4) is 0 Å². The third-order valence-electron chi connectivity index (χ3n) is 4.53. The van der Waals surface area contributed by atoms with Crippen LogP contribution in [-0.2, 0) is 14.8 Å². The van der Waals surface area contributed by atoms with Gasteiger partial charge in [-0.3, -0.25) is 14.1 Å². The number of H-pyrrole nitrogens is 1. The van der Waals surface area contributed by atoms with Crippen molar-refractivity contribution >= 4 is 60.7 Å². The Morgan fingerprint density at radius 2 is 2.17 bits per heavy atom. The second-order valence-electron chi connectivity index (χ2n) is 6.40. The number of hydrogen-bond donors (Lipinski definition) is 2. The summed E-state index contributed by atoms with van der Waals surface area (Å²) in [7, 11) is -2.35. The van der Waals surface area contributed by atoms with Crippen molar-refractivity contribution in [3.63, 3.8) is 0 Å². The highest BCUT2D eigenvalue weighted by molar-refractivity contribution is 8.15. The van der Waals surface area contributed by atoms with Gasteiger partial charge in [-0.05, 0) is 23.6 Å². The molecule has 1 unspecified atom stereocenters. The number of thioether (sulfide) groups is 1. The summed E-state index contributed by atoms with van der Waals surface area (Å²) in [4.78, 5) is 18.2. The molecule has 1 aliphatic rings. The van der Waals surface area contributed by atoms with Crippen molar-refractivity contribution in [3.05, 3.63) is 47.2 Å². The number of aromatic amines is 1. The van der Waals surface area contributed by atoms with E-state index in [1.807, 2.05) is 0 Å². The summed E-state index contributed by atoms with van der Waals surface area (Å²) < 4.78 is 42.1. The number of fused-ring (bicyclic) bond motifs is 1. The molecule has 0 fully saturated rings. The van der Waals surface area contributed by atoms with Gasteiger partial charge in [0.15, 0.2) is 5.82 Å². The summed E-state index contributed by atoms with van der Waals surface area (Å²) in [5.41, 5.74) is 0.798. The Hall–Kier alpha value is -2.37. The van der Waals surface area contributed by atoms with E-state index in [-0.39, 0.29) is 27.0 Å². The minimum absolute atomic E-state index is 0.0629. The van der Waals surface area contributed by atoms with Gasteiger partial charge in [0, 0.05) is 17.7 Å². The topological polar surface area (TPSA) is 103 Å². The fourth-order valence-electron chi connectivity index (χ4n) is 3.11. The lowest BCUT2D eigenvalue weighted by atomic mass is 10.2. The van der Waals surface area contributed by atoms with Crippen molar-refractivity contribution in [2.75, 3.05) is 17.9 Å². The molecule has 0 aliphatic carbocycles. The van der Waals surface area contributed by atoms with Gasteiger partial charge in [-0.1, -0.05) is 23.9 Å². The van der Waals surface area contributed by atoms with E-state index in [1.165, 1.54) is 24.9 Å². The van der Waals surface area contributed by atoms with Gasteiger partial charge in [-0.25, -0.2) is 12.8 Å². The molecule has 1 aliphatic heterocycles. The highest BCUT2D eigenvalue weighted by Crippen LogP contribution is 2.36. The van der Waals surface area contributed by atoms with Crippen molar-refractivity contribution in [3.8, 4) is 0 Å². The molecular formula is C18H16FN3O4S3. The molecule has 7 nitrogen and oxygen atoms in total. The first-order valence-corrected chi connectivity index (χ1v) is 11.7. The third-order valence-corrected chi connectivity index (χ3v) is 8.88. The normalized spacial score (nSPS) is 16.9. The molecule has 3 heterocycles. The molecule has 0 spiro atoms. The molecule has 0 saturated carbocycles. The zero-order valence-electron chi connectivity index (χ0n) is 15.1. The van der Waals surface area contributed by atoms with Gasteiger partial charge in [0.1, 0.15) is 14.9 Å². The lowest BCUT2D eigenvalue weighted by Gasteiger charge is -2.19. The number of carbonyl (C=O) groups is 1. The van der Waals surface area contributed by atoms with Crippen LogP contribution in [0.15, 0.2) is 44.9 Å². The van der Waals surface area contributed by atoms with E-state index in [9.17, 15) is 13.2 Å². The fourth-order valence-corrected chi connectivity index (χ4v) is 6.58. The SMILES string of the molecule is CN(c1cccc2c(F)c(C3=NCC(CC(=O)O)S3)[nH]c12)S(=O)(=O)c1cccs1. The number of para-hydroxylation sites is 1. The molecule has 29 heavy (non-hydrogen) atoms. The highest BCUT2D eigenvalue weighted by atomic mass is 32.2. The van der Waals surface area contributed by atoms with Crippen LogP contribution in [-0.4, -0.2) is 48.4 Å². The molecule has 1 aromatic carbocycles. The second-order valence-corrected chi connectivity index (χ2v) is 10.8. The Kier molecular flexibility index (Phi) is 5.13. The first kappa shape index (κ1) is 19.9. The Morgan fingerprint density at radius 3 is 2.86 bits per heavy atom. The molecule has 11 heteroatoms. The van der Waals surface area contributed by atoms with Crippen molar-refractivity contribution in [2.45, 2.75) is 15.9 Å². The largest absolute Gasteiger partial charge is 0.481 e. The van der Waals surface area contributed by atoms with E-state index < -0.39 is 21.8 Å². The average molecular weight is 454 g/mol. The number of aliphatic imine (C=N–C) groups is 1. The van der Waals surface area contributed by atoms with E-state index in [1.54, 1.807) is 29.6 Å². The highest BCUT2D eigenvalue weighted by Gasteiger charge is 2.29. The molecule has 2 N–H and O–H groups in total. The number of hydrogen-bond acceptors (Lipinski definition) is 6. The number of nitrogens with one attached hydrogen (secondary N) is 1. The summed E-state index contributed by atoms with van der Waals surface area (Å²) in [5, 5.41) is 11.0. The summed E-state index contributed by atoms with van der Waals surface area (Å²) in [6, 6.07) is 7.93. The minimum Gasteiger partial charge on any atom is -0.481 e. The summed E-state index contributed by atoms with van der Waals surface area (Å²) in [5.74, 6) is -1.47. The van der Waals surface area contributed by atoms with Crippen molar-refractivity contribution in [1.29, 1.82) is 0 Å². The quantitative estimate of drug-likeness (QED) is 0.594. The van der Waals surface area contributed by atoms with Gasteiger partial charge in [-0.2, -0.15) is 0 Å². The van der Waals surface area contributed by atoms with Crippen LogP contribution >= 0.6 is 23.1 Å². The van der Waals surface area contributed by atoms with E-state index in [0.717, 1.165) is 15.6 Å². The molecule has 0 radical (unpaired) electrons. The Bertz CT molecular complexity index is 1220. The number of aromatic nitrogens is 1. The van der Waals surface area contributed by atoms with Crippen LogP contribution < -0.4 is 4.31 Å². The predicted molar refractivity (Wildman–Crippen MR) is 113 cm³/mol. The maximum Gasteiger partial charge on any atom is 0.304 e. The molecule has 0 bridgehead atoms. The van der Waals surface area contributed by atoms with E-state index in [0.29, 0.717) is 22.8 Å². The second kappa shape index (κ2) is 7.47. The smallest absolute Gasteiger partial charge is 0.304 e. The van der Waals surface area contributed by atoms with Gasteiger partial charge < -0.3 is 10.1 Å². The number of anilines is 1. The first-order valence-electron chi connectivity index (χ1n) is 8.55. The van der Waals surface area contributed by atoms with E-state index in [4.69, 9.17) is 5.11 Å². The maximum absolute atomic E-state index is 15.1. The lowest BCUT2D eigenvalue weighted by molar-refractivity contribution is -0.136. The van der Waals surface area contributed by atoms with Crippen molar-refractivity contribution in [2.24, 2.45) is 4.99 Å². The third kappa shape index (κ3) is 3.53. The van der Waals surface area contributed by atoms with Crippen LogP contribution in [0.25, 0.3) is 10.9 Å². The molecule has 152 valence electrons. The van der Waals surface area contributed by atoms with Crippen molar-refractivity contribution in [1.82, 2.24) is 4.98 Å².